The molecule has 0 radical (unpaired) electrons. The molecular formula is C14H13NO2Si. The number of nitrogens with zero attached hydrogens (tertiary/aromatic N) is 1. The fourth-order valence-corrected chi connectivity index (χ4v) is 5.37. The van der Waals surface area contributed by atoms with Gasteiger partial charge < -0.3 is 5.11 Å². The number of phenolic OH excluding ortho intramolecular Hbond substituents is 1. The van der Waals surface area contributed by atoms with Crippen molar-refractivity contribution in [2.75, 3.05) is 0 Å². The zero-order valence-electron chi connectivity index (χ0n) is 10.3. The zero-order chi connectivity index (χ0) is 12.9. The molecule has 0 amide bonds. The highest BCUT2D eigenvalue weighted by atomic mass is 28.3. The molecule has 2 aliphatic rings. The van der Waals surface area contributed by atoms with Crippen LogP contribution in [0.15, 0.2) is 46.6 Å². The summed E-state index contributed by atoms with van der Waals surface area (Å²) in [4.78, 5) is 16.1. The van der Waals surface area contributed by atoms with Gasteiger partial charge in [-0.2, -0.15) is 0 Å². The molecule has 1 aromatic rings. The fraction of sp³-hybridized carbons (Fsp3) is 0.143. The van der Waals surface area contributed by atoms with Gasteiger partial charge in [-0.25, -0.2) is 4.99 Å². The lowest BCUT2D eigenvalue weighted by Gasteiger charge is -2.32. The Morgan fingerprint density at radius 2 is 2.00 bits per heavy atom. The Balaban J connectivity index is 2.30. The topological polar surface area (TPSA) is 49.7 Å². The largest absolute Gasteiger partial charge is 0.508 e. The van der Waals surface area contributed by atoms with Gasteiger partial charge >= 0.3 is 0 Å². The van der Waals surface area contributed by atoms with Crippen molar-refractivity contribution in [3.63, 3.8) is 0 Å². The SMILES string of the molecule is C[Si]1(C)C2=CC(=O)C=CC2=Nc2ccc(O)cc21. The van der Waals surface area contributed by atoms with Crippen LogP contribution in [0.5, 0.6) is 5.75 Å². The van der Waals surface area contributed by atoms with Crippen molar-refractivity contribution in [2.24, 2.45) is 4.99 Å². The molecule has 0 bridgehead atoms. The van der Waals surface area contributed by atoms with Gasteiger partial charge in [-0.3, -0.25) is 4.79 Å². The molecule has 1 N–H and O–H groups in total. The predicted molar refractivity (Wildman–Crippen MR) is 74.5 cm³/mol. The summed E-state index contributed by atoms with van der Waals surface area (Å²) in [6.45, 7) is 4.36. The number of carbonyl (C=O) groups is 1. The molecule has 1 heterocycles. The van der Waals surface area contributed by atoms with Gasteiger partial charge in [-0.15, -0.1) is 0 Å². The summed E-state index contributed by atoms with van der Waals surface area (Å²) in [5.74, 6) is 0.277. The molecule has 1 aliphatic carbocycles. The predicted octanol–water partition coefficient (Wildman–Crippen LogP) is 2.00. The summed E-state index contributed by atoms with van der Waals surface area (Å²) in [7, 11) is -1.95. The molecule has 18 heavy (non-hydrogen) atoms. The Bertz CT molecular complexity index is 654. The second-order valence-corrected chi connectivity index (χ2v) is 9.44. The van der Waals surface area contributed by atoms with E-state index in [1.165, 1.54) is 0 Å². The van der Waals surface area contributed by atoms with Crippen LogP contribution in [0.3, 0.4) is 0 Å². The number of phenols is 1. The van der Waals surface area contributed by atoms with Crippen molar-refractivity contribution in [3.8, 4) is 5.75 Å². The van der Waals surface area contributed by atoms with E-state index in [4.69, 9.17) is 0 Å². The van der Waals surface area contributed by atoms with E-state index in [-0.39, 0.29) is 11.5 Å². The normalized spacial score (nSPS) is 19.8. The molecule has 4 heteroatoms. The number of aliphatic imine (C=N–C) groups is 1. The van der Waals surface area contributed by atoms with Crippen LogP contribution in [-0.2, 0) is 4.79 Å². The number of rotatable bonds is 0. The molecular weight excluding hydrogens is 242 g/mol. The molecule has 0 saturated carbocycles. The molecule has 1 aliphatic heterocycles. The summed E-state index contributed by atoms with van der Waals surface area (Å²) < 4.78 is 0. The third-order valence-electron chi connectivity index (χ3n) is 3.54. The third-order valence-corrected chi connectivity index (χ3v) is 7.03. The van der Waals surface area contributed by atoms with Crippen LogP contribution in [0.1, 0.15) is 0 Å². The van der Waals surface area contributed by atoms with E-state index in [1.807, 2.05) is 6.07 Å². The second kappa shape index (κ2) is 3.52. The van der Waals surface area contributed by atoms with Crippen molar-refractivity contribution in [3.05, 3.63) is 41.6 Å². The molecule has 0 fully saturated rings. The molecule has 90 valence electrons. The van der Waals surface area contributed by atoms with Crippen LogP contribution < -0.4 is 5.19 Å². The van der Waals surface area contributed by atoms with E-state index in [0.717, 1.165) is 21.8 Å². The van der Waals surface area contributed by atoms with Gasteiger partial charge in [0.1, 0.15) is 13.8 Å². The van der Waals surface area contributed by atoms with Crippen LogP contribution >= 0.6 is 0 Å². The lowest BCUT2D eigenvalue weighted by Crippen LogP contribution is -2.49. The highest BCUT2D eigenvalue weighted by Crippen LogP contribution is 2.31. The molecule has 0 saturated heterocycles. The Hall–Kier alpha value is -1.94. The quantitative estimate of drug-likeness (QED) is 0.569. The number of benzene rings is 1. The average molecular weight is 255 g/mol. The smallest absolute Gasteiger partial charge is 0.178 e. The highest BCUT2D eigenvalue weighted by molar-refractivity contribution is 7.01. The van der Waals surface area contributed by atoms with Gasteiger partial charge in [0.05, 0.1) is 11.4 Å². The number of hydrogen-bond acceptors (Lipinski definition) is 3. The van der Waals surface area contributed by atoms with E-state index >= 15 is 0 Å². The summed E-state index contributed by atoms with van der Waals surface area (Å²) in [6, 6.07) is 5.28. The van der Waals surface area contributed by atoms with Crippen molar-refractivity contribution in [1.29, 1.82) is 0 Å². The van der Waals surface area contributed by atoms with E-state index in [2.05, 4.69) is 18.1 Å². The van der Waals surface area contributed by atoms with Gasteiger partial charge in [0.15, 0.2) is 5.78 Å². The number of aromatic hydroxyl groups is 1. The second-order valence-electron chi connectivity index (χ2n) is 5.12. The first-order chi connectivity index (χ1) is 8.48. The molecule has 1 aromatic carbocycles. The Kier molecular flexibility index (Phi) is 2.19. The number of hydrogen-bond donors (Lipinski definition) is 1. The van der Waals surface area contributed by atoms with Crippen molar-refractivity contribution < 1.29 is 9.90 Å². The highest BCUT2D eigenvalue weighted by Gasteiger charge is 2.37. The summed E-state index contributed by atoms with van der Waals surface area (Å²) in [5.41, 5.74) is 1.81. The third kappa shape index (κ3) is 1.49. The maximum absolute atomic E-state index is 11.5. The van der Waals surface area contributed by atoms with E-state index < -0.39 is 8.07 Å². The van der Waals surface area contributed by atoms with Gasteiger partial charge in [-0.1, -0.05) is 13.1 Å². The molecule has 0 aromatic heterocycles. The first-order valence-electron chi connectivity index (χ1n) is 5.85. The summed E-state index contributed by atoms with van der Waals surface area (Å²) in [6.07, 6.45) is 5.04. The molecule has 3 nitrogen and oxygen atoms in total. The summed E-state index contributed by atoms with van der Waals surface area (Å²) in [5, 5.41) is 11.8. The average Bonchev–Trinajstić information content (AvgIpc) is 2.32. The van der Waals surface area contributed by atoms with Crippen molar-refractivity contribution >= 4 is 30.4 Å². The number of ketones is 1. The number of carbonyl (C=O) groups excluding carboxylic acids is 1. The molecule has 0 atom stereocenters. The van der Waals surface area contributed by atoms with Crippen LogP contribution in [0.25, 0.3) is 0 Å². The van der Waals surface area contributed by atoms with Crippen LogP contribution in [0.2, 0.25) is 13.1 Å². The van der Waals surface area contributed by atoms with Gasteiger partial charge in [0.2, 0.25) is 0 Å². The van der Waals surface area contributed by atoms with E-state index in [0.29, 0.717) is 0 Å². The minimum atomic E-state index is -1.95. The maximum atomic E-state index is 11.5. The van der Waals surface area contributed by atoms with E-state index in [9.17, 15) is 9.90 Å². The molecule has 0 unspecified atom stereocenters. The first kappa shape index (κ1) is 11.2. The minimum Gasteiger partial charge on any atom is -0.508 e. The Morgan fingerprint density at radius 1 is 1.22 bits per heavy atom. The van der Waals surface area contributed by atoms with Crippen LogP contribution in [-0.4, -0.2) is 24.7 Å². The molecule has 0 spiro atoms. The number of fused-ring (bicyclic) bond motifs is 2. The Labute approximate surface area is 106 Å². The van der Waals surface area contributed by atoms with Gasteiger partial charge in [0.25, 0.3) is 0 Å². The summed E-state index contributed by atoms with van der Waals surface area (Å²) >= 11 is 0. The van der Waals surface area contributed by atoms with Crippen LogP contribution in [0.4, 0.5) is 5.69 Å². The monoisotopic (exact) mass is 255 g/mol. The fourth-order valence-electron chi connectivity index (χ4n) is 2.51. The van der Waals surface area contributed by atoms with Crippen LogP contribution in [0, 0.1) is 0 Å². The van der Waals surface area contributed by atoms with Gasteiger partial charge in [-0.05, 0) is 46.8 Å². The Morgan fingerprint density at radius 3 is 2.78 bits per heavy atom. The minimum absolute atomic E-state index is 0.0214. The lowest BCUT2D eigenvalue weighted by atomic mass is 10.1. The zero-order valence-corrected chi connectivity index (χ0v) is 11.3. The van der Waals surface area contributed by atoms with Crippen molar-refractivity contribution in [2.45, 2.75) is 13.1 Å². The maximum Gasteiger partial charge on any atom is 0.178 e. The van der Waals surface area contributed by atoms with E-state index in [1.54, 1.807) is 30.4 Å². The lowest BCUT2D eigenvalue weighted by molar-refractivity contribution is -0.110. The van der Waals surface area contributed by atoms with Crippen molar-refractivity contribution in [1.82, 2.24) is 0 Å². The first-order valence-corrected chi connectivity index (χ1v) is 8.85. The van der Waals surface area contributed by atoms with Gasteiger partial charge in [0, 0.05) is 0 Å². The molecule has 3 rings (SSSR count). The standard InChI is InChI=1S/C14H13NO2Si/c1-18(2)13-7-9(16)3-5-11(13)15-12-6-4-10(17)8-14(12)18/h3-8,16H,1-2H3. The number of allylic oxidation sites excluding steroid dienone is 4.